The van der Waals surface area contributed by atoms with Crippen molar-refractivity contribution in [2.75, 3.05) is 6.54 Å². The summed E-state index contributed by atoms with van der Waals surface area (Å²) < 4.78 is 0. The van der Waals surface area contributed by atoms with Crippen LogP contribution in [-0.4, -0.2) is 16.7 Å². The fourth-order valence-electron chi connectivity index (χ4n) is 1.25. The maximum atomic E-state index is 10.4. The number of benzene rings is 1. The molecule has 1 aromatic carbocycles. The number of nitrogens with zero attached hydrogens (tertiary/aromatic N) is 1. The predicted octanol–water partition coefficient (Wildman–Crippen LogP) is 2.98. The molecular formula is C11H15NO2S. The molecule has 1 unspecified atom stereocenters. The van der Waals surface area contributed by atoms with Gasteiger partial charge in [-0.1, -0.05) is 37.3 Å². The molecule has 3 nitrogen and oxygen atoms in total. The lowest BCUT2D eigenvalue weighted by atomic mass is 10.2. The van der Waals surface area contributed by atoms with E-state index in [9.17, 15) is 10.1 Å². The zero-order chi connectivity index (χ0) is 11.1. The largest absolute Gasteiger partial charge is 0.265 e. The highest BCUT2D eigenvalue weighted by molar-refractivity contribution is 7.99. The van der Waals surface area contributed by atoms with Crippen LogP contribution in [0.3, 0.4) is 0 Å². The van der Waals surface area contributed by atoms with Crippen molar-refractivity contribution < 1.29 is 4.92 Å². The Hall–Kier alpha value is -1.03. The first-order valence-electron chi connectivity index (χ1n) is 4.99. The van der Waals surface area contributed by atoms with Gasteiger partial charge >= 0.3 is 0 Å². The van der Waals surface area contributed by atoms with Gasteiger partial charge in [-0.25, -0.2) is 0 Å². The van der Waals surface area contributed by atoms with E-state index in [-0.39, 0.29) is 16.7 Å². The van der Waals surface area contributed by atoms with Crippen LogP contribution in [0.25, 0.3) is 0 Å². The fraction of sp³-hybridized carbons (Fsp3) is 0.455. The molecule has 15 heavy (non-hydrogen) atoms. The minimum absolute atomic E-state index is 0.0635. The standard InChI is InChI=1S/C11H15NO2S/c1-2-11(8-12(13)14)15-9-10-6-4-3-5-7-10/h3-7,11H,2,8-9H2,1H3. The van der Waals surface area contributed by atoms with Crippen LogP contribution >= 0.6 is 11.8 Å². The number of thioether (sulfide) groups is 1. The van der Waals surface area contributed by atoms with E-state index in [4.69, 9.17) is 0 Å². The van der Waals surface area contributed by atoms with Gasteiger partial charge in [0.15, 0.2) is 0 Å². The molecule has 0 N–H and O–H groups in total. The molecule has 0 amide bonds. The molecule has 0 aromatic heterocycles. The van der Waals surface area contributed by atoms with Gasteiger partial charge < -0.3 is 0 Å². The molecule has 0 radical (unpaired) electrons. The molecule has 1 rings (SSSR count). The minimum atomic E-state index is -0.230. The van der Waals surface area contributed by atoms with Crippen molar-refractivity contribution in [2.45, 2.75) is 24.3 Å². The highest BCUT2D eigenvalue weighted by Gasteiger charge is 2.13. The van der Waals surface area contributed by atoms with Crippen LogP contribution < -0.4 is 0 Å². The number of nitro groups is 1. The Morgan fingerprint density at radius 1 is 1.40 bits per heavy atom. The Morgan fingerprint density at radius 3 is 2.60 bits per heavy atom. The SMILES string of the molecule is CCC(C[N+](=O)[O-])SCc1ccccc1. The fourth-order valence-corrected chi connectivity index (χ4v) is 2.34. The second kappa shape index (κ2) is 6.45. The van der Waals surface area contributed by atoms with Gasteiger partial charge in [0.05, 0.1) is 5.25 Å². The lowest BCUT2D eigenvalue weighted by Gasteiger charge is -2.09. The van der Waals surface area contributed by atoms with E-state index in [1.807, 2.05) is 37.3 Å². The van der Waals surface area contributed by atoms with Crippen molar-refractivity contribution in [3.63, 3.8) is 0 Å². The highest BCUT2D eigenvalue weighted by Crippen LogP contribution is 2.20. The molecule has 82 valence electrons. The van der Waals surface area contributed by atoms with Crippen LogP contribution in [0.4, 0.5) is 0 Å². The number of hydrogen-bond acceptors (Lipinski definition) is 3. The Morgan fingerprint density at radius 2 is 2.07 bits per heavy atom. The van der Waals surface area contributed by atoms with E-state index >= 15 is 0 Å². The molecule has 1 atom stereocenters. The number of rotatable bonds is 6. The van der Waals surface area contributed by atoms with Crippen molar-refractivity contribution >= 4 is 11.8 Å². The third-order valence-corrected chi connectivity index (χ3v) is 3.59. The first kappa shape index (κ1) is 12.0. The summed E-state index contributed by atoms with van der Waals surface area (Å²) in [4.78, 5) is 10.1. The highest BCUT2D eigenvalue weighted by atomic mass is 32.2. The van der Waals surface area contributed by atoms with E-state index < -0.39 is 0 Å². The van der Waals surface area contributed by atoms with Gasteiger partial charge in [-0.3, -0.25) is 10.1 Å². The van der Waals surface area contributed by atoms with Crippen molar-refractivity contribution in [1.29, 1.82) is 0 Å². The van der Waals surface area contributed by atoms with Gasteiger partial charge in [0.2, 0.25) is 6.54 Å². The van der Waals surface area contributed by atoms with Gasteiger partial charge in [-0.2, -0.15) is 0 Å². The Labute approximate surface area is 94.0 Å². The first-order valence-corrected chi connectivity index (χ1v) is 6.04. The molecule has 0 aliphatic carbocycles. The maximum absolute atomic E-state index is 10.4. The van der Waals surface area contributed by atoms with Gasteiger partial charge in [0.1, 0.15) is 0 Å². The smallest absolute Gasteiger partial charge is 0.215 e. The second-order valence-corrected chi connectivity index (χ2v) is 4.63. The summed E-state index contributed by atoms with van der Waals surface area (Å²) in [6, 6.07) is 10.1. The molecule has 4 heteroatoms. The van der Waals surface area contributed by atoms with Crippen LogP contribution in [0, 0.1) is 10.1 Å². The molecule has 0 aliphatic heterocycles. The molecular weight excluding hydrogens is 210 g/mol. The van der Waals surface area contributed by atoms with Gasteiger partial charge in [0.25, 0.3) is 0 Å². The summed E-state index contributed by atoms with van der Waals surface area (Å²) in [6.07, 6.45) is 0.846. The van der Waals surface area contributed by atoms with Gasteiger partial charge in [0, 0.05) is 10.7 Å². The van der Waals surface area contributed by atoms with E-state index in [0.717, 1.165) is 12.2 Å². The third kappa shape index (κ3) is 4.83. The molecule has 0 saturated heterocycles. The second-order valence-electron chi connectivity index (χ2n) is 3.34. The van der Waals surface area contributed by atoms with Crippen molar-refractivity contribution in [3.05, 3.63) is 46.0 Å². The van der Waals surface area contributed by atoms with E-state index in [2.05, 4.69) is 0 Å². The third-order valence-electron chi connectivity index (χ3n) is 2.14. The molecule has 0 spiro atoms. The molecule has 0 saturated carbocycles. The molecule has 0 heterocycles. The van der Waals surface area contributed by atoms with Crippen LogP contribution in [0.5, 0.6) is 0 Å². The van der Waals surface area contributed by atoms with E-state index in [1.165, 1.54) is 5.56 Å². The Bertz CT molecular complexity index is 303. The Balaban J connectivity index is 2.37. The summed E-state index contributed by atoms with van der Waals surface area (Å²) in [5, 5.41) is 10.5. The molecule has 0 fully saturated rings. The van der Waals surface area contributed by atoms with E-state index in [1.54, 1.807) is 11.8 Å². The quantitative estimate of drug-likeness (QED) is 0.552. The lowest BCUT2D eigenvalue weighted by molar-refractivity contribution is -0.479. The van der Waals surface area contributed by atoms with Crippen LogP contribution in [0.15, 0.2) is 30.3 Å². The summed E-state index contributed by atoms with van der Waals surface area (Å²) in [7, 11) is 0. The number of hydrogen-bond donors (Lipinski definition) is 0. The van der Waals surface area contributed by atoms with Crippen molar-refractivity contribution in [2.24, 2.45) is 0 Å². The minimum Gasteiger partial charge on any atom is -0.265 e. The van der Waals surface area contributed by atoms with Gasteiger partial charge in [-0.05, 0) is 12.0 Å². The zero-order valence-electron chi connectivity index (χ0n) is 8.76. The average Bonchev–Trinajstić information content (AvgIpc) is 2.25. The molecule has 0 bridgehead atoms. The van der Waals surface area contributed by atoms with Crippen LogP contribution in [-0.2, 0) is 5.75 Å². The predicted molar refractivity (Wildman–Crippen MR) is 63.7 cm³/mol. The molecule has 1 aromatic rings. The normalized spacial score (nSPS) is 12.3. The summed E-state index contributed by atoms with van der Waals surface area (Å²) >= 11 is 1.66. The maximum Gasteiger partial charge on any atom is 0.215 e. The Kier molecular flexibility index (Phi) is 5.18. The van der Waals surface area contributed by atoms with E-state index in [0.29, 0.717) is 0 Å². The summed E-state index contributed by atoms with van der Waals surface area (Å²) in [5.74, 6) is 0.854. The summed E-state index contributed by atoms with van der Waals surface area (Å²) in [5.41, 5.74) is 1.23. The van der Waals surface area contributed by atoms with Crippen LogP contribution in [0.1, 0.15) is 18.9 Å². The van der Waals surface area contributed by atoms with Crippen molar-refractivity contribution in [1.82, 2.24) is 0 Å². The zero-order valence-corrected chi connectivity index (χ0v) is 9.57. The van der Waals surface area contributed by atoms with Gasteiger partial charge in [-0.15, -0.1) is 11.8 Å². The first-order chi connectivity index (χ1) is 7.22. The average molecular weight is 225 g/mol. The van der Waals surface area contributed by atoms with Crippen molar-refractivity contribution in [3.8, 4) is 0 Å². The van der Waals surface area contributed by atoms with Crippen LogP contribution in [0.2, 0.25) is 0 Å². The summed E-state index contributed by atoms with van der Waals surface area (Å²) in [6.45, 7) is 2.06. The molecule has 0 aliphatic rings. The lowest BCUT2D eigenvalue weighted by Crippen LogP contribution is -2.15. The monoisotopic (exact) mass is 225 g/mol. The topological polar surface area (TPSA) is 43.1 Å².